The number of carboxylic acids is 1. The van der Waals surface area contributed by atoms with Gasteiger partial charge in [0, 0.05) is 26.1 Å². The van der Waals surface area contributed by atoms with Crippen molar-refractivity contribution in [3.05, 3.63) is 0 Å². The molecule has 1 saturated heterocycles. The van der Waals surface area contributed by atoms with Gasteiger partial charge in [0.1, 0.15) is 11.7 Å². The molecule has 70 valence electrons. The molecule has 0 aliphatic carbocycles. The van der Waals surface area contributed by atoms with E-state index >= 15 is 0 Å². The first-order valence-corrected chi connectivity index (χ1v) is 3.81. The van der Waals surface area contributed by atoms with Gasteiger partial charge in [-0.2, -0.15) is 0 Å². The second-order valence-corrected chi connectivity index (χ2v) is 2.96. The first-order valence-electron chi connectivity index (χ1n) is 3.81. The molecule has 4 nitrogen and oxygen atoms in total. The van der Waals surface area contributed by atoms with Crippen molar-refractivity contribution >= 4 is 5.97 Å². The standard InChI is InChI=1S/C7H12FNO3/c8-7(5(9)6(10)11)1-3-12-4-2-7/h5H,1-4,9H2,(H,10,11). The van der Waals surface area contributed by atoms with Gasteiger partial charge in [-0.15, -0.1) is 0 Å². The highest BCUT2D eigenvalue weighted by molar-refractivity contribution is 5.74. The summed E-state index contributed by atoms with van der Waals surface area (Å²) in [5.74, 6) is -1.29. The molecular formula is C7H12FNO3. The highest BCUT2D eigenvalue weighted by Gasteiger charge is 2.42. The molecule has 1 atom stereocenters. The summed E-state index contributed by atoms with van der Waals surface area (Å²) < 4.78 is 18.5. The summed E-state index contributed by atoms with van der Waals surface area (Å²) in [4.78, 5) is 10.4. The second-order valence-electron chi connectivity index (χ2n) is 2.96. The zero-order valence-electron chi connectivity index (χ0n) is 6.62. The zero-order valence-corrected chi connectivity index (χ0v) is 6.62. The van der Waals surface area contributed by atoms with Crippen molar-refractivity contribution < 1.29 is 19.0 Å². The summed E-state index contributed by atoms with van der Waals surface area (Å²) in [6.45, 7) is 0.495. The van der Waals surface area contributed by atoms with E-state index in [1.165, 1.54) is 0 Å². The number of hydrogen-bond acceptors (Lipinski definition) is 3. The third-order valence-corrected chi connectivity index (χ3v) is 2.15. The van der Waals surface area contributed by atoms with Crippen LogP contribution in [0.5, 0.6) is 0 Å². The van der Waals surface area contributed by atoms with Crippen LogP contribution in [0, 0.1) is 0 Å². The molecule has 0 aromatic rings. The summed E-state index contributed by atoms with van der Waals surface area (Å²) in [7, 11) is 0. The van der Waals surface area contributed by atoms with Gasteiger partial charge < -0.3 is 15.6 Å². The molecule has 1 rings (SSSR count). The molecule has 5 heteroatoms. The molecule has 0 aromatic heterocycles. The number of aliphatic carboxylic acids is 1. The van der Waals surface area contributed by atoms with E-state index in [1.54, 1.807) is 0 Å². The lowest BCUT2D eigenvalue weighted by molar-refractivity contribution is -0.145. The maximum atomic E-state index is 13.6. The monoisotopic (exact) mass is 177 g/mol. The molecule has 1 heterocycles. The highest BCUT2D eigenvalue weighted by Crippen LogP contribution is 2.27. The van der Waals surface area contributed by atoms with E-state index in [0.717, 1.165) is 0 Å². The quantitative estimate of drug-likeness (QED) is 0.618. The van der Waals surface area contributed by atoms with Gasteiger partial charge in [0.2, 0.25) is 0 Å². The molecule has 0 radical (unpaired) electrons. The molecule has 0 bridgehead atoms. The number of carbonyl (C=O) groups is 1. The van der Waals surface area contributed by atoms with Gasteiger partial charge in [0.15, 0.2) is 0 Å². The fourth-order valence-corrected chi connectivity index (χ4v) is 1.24. The molecule has 0 amide bonds. The van der Waals surface area contributed by atoms with E-state index in [2.05, 4.69) is 0 Å². The Morgan fingerprint density at radius 2 is 2.08 bits per heavy atom. The summed E-state index contributed by atoms with van der Waals surface area (Å²) in [5.41, 5.74) is 3.41. The second kappa shape index (κ2) is 3.37. The van der Waals surface area contributed by atoms with Gasteiger partial charge in [0.25, 0.3) is 0 Å². The van der Waals surface area contributed by atoms with Crippen LogP contribution < -0.4 is 5.73 Å². The fourth-order valence-electron chi connectivity index (χ4n) is 1.24. The van der Waals surface area contributed by atoms with Gasteiger partial charge in [0.05, 0.1) is 0 Å². The molecular weight excluding hydrogens is 165 g/mol. The van der Waals surface area contributed by atoms with Crippen molar-refractivity contribution in [3.8, 4) is 0 Å². The lowest BCUT2D eigenvalue weighted by Gasteiger charge is -2.32. The van der Waals surface area contributed by atoms with Crippen LogP contribution in [0.15, 0.2) is 0 Å². The van der Waals surface area contributed by atoms with Gasteiger partial charge in [-0.05, 0) is 0 Å². The third kappa shape index (κ3) is 1.73. The van der Waals surface area contributed by atoms with Crippen LogP contribution in [-0.4, -0.2) is 36.0 Å². The Morgan fingerprint density at radius 3 is 2.50 bits per heavy atom. The minimum Gasteiger partial charge on any atom is -0.480 e. The van der Waals surface area contributed by atoms with Crippen LogP contribution >= 0.6 is 0 Å². The Labute approximate surface area is 69.5 Å². The van der Waals surface area contributed by atoms with Crippen molar-refractivity contribution in [2.45, 2.75) is 24.6 Å². The molecule has 0 spiro atoms. The van der Waals surface area contributed by atoms with Crippen LogP contribution in [0.4, 0.5) is 4.39 Å². The van der Waals surface area contributed by atoms with Crippen LogP contribution in [0.25, 0.3) is 0 Å². The number of halogens is 1. The van der Waals surface area contributed by atoms with Gasteiger partial charge in [-0.25, -0.2) is 4.39 Å². The maximum absolute atomic E-state index is 13.6. The molecule has 3 N–H and O–H groups in total. The lowest BCUT2D eigenvalue weighted by Crippen LogP contribution is -2.52. The normalized spacial score (nSPS) is 24.8. The van der Waals surface area contributed by atoms with Crippen molar-refractivity contribution in [1.82, 2.24) is 0 Å². The average molecular weight is 177 g/mol. The molecule has 1 aliphatic heterocycles. The average Bonchev–Trinajstić information content (AvgIpc) is 2.04. The SMILES string of the molecule is NC(C(=O)O)C1(F)CCOCC1. The smallest absolute Gasteiger partial charge is 0.323 e. The number of rotatable bonds is 2. The van der Waals surface area contributed by atoms with Crippen molar-refractivity contribution in [2.24, 2.45) is 5.73 Å². The number of ether oxygens (including phenoxy) is 1. The van der Waals surface area contributed by atoms with E-state index in [4.69, 9.17) is 15.6 Å². The molecule has 1 aliphatic rings. The predicted octanol–water partition coefficient (Wildman–Crippen LogP) is -0.0830. The zero-order chi connectivity index (χ0) is 9.19. The van der Waals surface area contributed by atoms with E-state index in [1.807, 2.05) is 0 Å². The Bertz CT molecular complexity index is 179. The number of nitrogens with two attached hydrogens (primary N) is 1. The minimum atomic E-state index is -1.79. The van der Waals surface area contributed by atoms with E-state index in [-0.39, 0.29) is 26.1 Å². The highest BCUT2D eigenvalue weighted by atomic mass is 19.1. The molecule has 12 heavy (non-hydrogen) atoms. The fraction of sp³-hybridized carbons (Fsp3) is 0.857. The summed E-state index contributed by atoms with van der Waals surface area (Å²) in [5, 5.41) is 8.49. The molecule has 0 aromatic carbocycles. The minimum absolute atomic E-state index is 0.0699. The first kappa shape index (κ1) is 9.41. The first-order chi connectivity index (χ1) is 5.56. The van der Waals surface area contributed by atoms with Gasteiger partial charge in [-0.1, -0.05) is 0 Å². The molecule has 1 unspecified atom stereocenters. The van der Waals surface area contributed by atoms with E-state index in [9.17, 15) is 9.18 Å². The molecule has 1 fully saturated rings. The Balaban J connectivity index is 2.62. The summed E-state index contributed by atoms with van der Waals surface area (Å²) in [6, 6.07) is -1.43. The van der Waals surface area contributed by atoms with Crippen molar-refractivity contribution in [1.29, 1.82) is 0 Å². The van der Waals surface area contributed by atoms with Crippen LogP contribution in [0.3, 0.4) is 0 Å². The molecule has 0 saturated carbocycles. The lowest BCUT2D eigenvalue weighted by atomic mass is 9.89. The van der Waals surface area contributed by atoms with Crippen molar-refractivity contribution in [2.75, 3.05) is 13.2 Å². The van der Waals surface area contributed by atoms with Crippen LogP contribution in [-0.2, 0) is 9.53 Å². The van der Waals surface area contributed by atoms with Crippen LogP contribution in [0.1, 0.15) is 12.8 Å². The maximum Gasteiger partial charge on any atom is 0.323 e. The van der Waals surface area contributed by atoms with Crippen LogP contribution in [0.2, 0.25) is 0 Å². The third-order valence-electron chi connectivity index (χ3n) is 2.15. The largest absolute Gasteiger partial charge is 0.480 e. The Kier molecular flexibility index (Phi) is 2.64. The van der Waals surface area contributed by atoms with E-state index in [0.29, 0.717) is 0 Å². The van der Waals surface area contributed by atoms with Crippen molar-refractivity contribution in [3.63, 3.8) is 0 Å². The Morgan fingerprint density at radius 1 is 1.58 bits per heavy atom. The number of alkyl halides is 1. The van der Waals surface area contributed by atoms with Gasteiger partial charge >= 0.3 is 5.97 Å². The summed E-state index contributed by atoms with van der Waals surface area (Å²) in [6.07, 6.45) is 0.140. The topological polar surface area (TPSA) is 72.6 Å². The van der Waals surface area contributed by atoms with E-state index < -0.39 is 17.7 Å². The number of hydrogen-bond donors (Lipinski definition) is 2. The van der Waals surface area contributed by atoms with Gasteiger partial charge in [-0.3, -0.25) is 4.79 Å². The predicted molar refractivity (Wildman–Crippen MR) is 39.5 cm³/mol. The number of carboxylic acid groups (broad SMARTS) is 1. The summed E-state index contributed by atoms with van der Waals surface area (Å²) >= 11 is 0. The Hall–Kier alpha value is -0.680.